The number of esters is 2. The van der Waals surface area contributed by atoms with Crippen LogP contribution < -0.4 is 0 Å². The number of hydrogen-bond donors (Lipinski definition) is 1. The second-order valence-corrected chi connectivity index (χ2v) is 17.5. The first-order valence-corrected chi connectivity index (χ1v) is 24.2. The van der Waals surface area contributed by atoms with Crippen LogP contribution in [0, 0.1) is 0 Å². The molecule has 0 aromatic heterocycles. The Morgan fingerprint density at radius 1 is 0.552 bits per heavy atom. The normalized spacial score (nSPS) is 14.2. The van der Waals surface area contributed by atoms with Crippen LogP contribution in [0.25, 0.3) is 0 Å². The van der Waals surface area contributed by atoms with Crippen molar-refractivity contribution in [2.75, 3.05) is 47.5 Å². The molecule has 0 rings (SSSR count). The van der Waals surface area contributed by atoms with Crippen molar-refractivity contribution >= 4 is 19.8 Å². The molecule has 0 bridgehead atoms. The van der Waals surface area contributed by atoms with Crippen LogP contribution in [0.5, 0.6) is 0 Å². The van der Waals surface area contributed by atoms with Crippen LogP contribution in [0.4, 0.5) is 0 Å². The maximum absolute atomic E-state index is 12.7. The Morgan fingerprint density at radius 3 is 1.50 bits per heavy atom. The molecule has 0 radical (unpaired) electrons. The third-order valence-electron chi connectivity index (χ3n) is 9.22. The van der Waals surface area contributed by atoms with Crippen molar-refractivity contribution < 1.29 is 42.1 Å². The molecular weight excluding hydrogens is 750 g/mol. The topological polar surface area (TPSA) is 108 Å². The molecule has 0 heterocycles. The Kier molecular flexibility index (Phi) is 38.1. The molecule has 9 nitrogen and oxygen atoms in total. The molecule has 0 saturated heterocycles. The maximum atomic E-state index is 12.7. The average molecular weight is 835 g/mol. The molecule has 0 saturated carbocycles. The van der Waals surface area contributed by atoms with Crippen LogP contribution >= 0.6 is 7.82 Å². The summed E-state index contributed by atoms with van der Waals surface area (Å²) in [7, 11) is 1.44. The zero-order valence-corrected chi connectivity index (χ0v) is 38.4. The van der Waals surface area contributed by atoms with Crippen molar-refractivity contribution in [3.63, 3.8) is 0 Å². The van der Waals surface area contributed by atoms with E-state index >= 15 is 0 Å². The first-order chi connectivity index (χ1) is 28.0. The van der Waals surface area contributed by atoms with E-state index in [-0.39, 0.29) is 32.0 Å². The van der Waals surface area contributed by atoms with E-state index in [1.807, 2.05) is 21.1 Å². The molecular formula is C48H85NO8P+. The number of phosphoric acid groups is 1. The minimum Gasteiger partial charge on any atom is -0.462 e. The number of unbranched alkanes of at least 4 members (excludes halogenated alkanes) is 14. The van der Waals surface area contributed by atoms with Crippen molar-refractivity contribution in [3.05, 3.63) is 72.9 Å². The lowest BCUT2D eigenvalue weighted by Gasteiger charge is -2.24. The summed E-state index contributed by atoms with van der Waals surface area (Å²) in [5.41, 5.74) is 0. The monoisotopic (exact) mass is 835 g/mol. The van der Waals surface area contributed by atoms with E-state index in [1.54, 1.807) is 0 Å². The molecule has 0 fully saturated rings. The minimum atomic E-state index is -4.39. The van der Waals surface area contributed by atoms with E-state index in [2.05, 4.69) is 86.8 Å². The highest BCUT2D eigenvalue weighted by Gasteiger charge is 2.27. The summed E-state index contributed by atoms with van der Waals surface area (Å²) < 4.78 is 34.3. The van der Waals surface area contributed by atoms with Crippen molar-refractivity contribution in [3.8, 4) is 0 Å². The Bertz CT molecular complexity index is 1220. The molecule has 1 unspecified atom stereocenters. The molecule has 1 N–H and O–H groups in total. The Balaban J connectivity index is 4.44. The highest BCUT2D eigenvalue weighted by atomic mass is 31.2. The standard InChI is InChI=1S/C48H84NO8P/c1-6-8-10-12-14-16-18-20-22-23-24-25-27-29-31-33-35-37-39-41-48(51)57-46(45-56-58(52,53)55-43-42-49(3,4)5)44-54-47(50)40-38-36-34-32-30-28-26-21-19-17-15-13-11-9-7-2/h8,10,14,16,20-22,24-26,29,31,46H,6-7,9,11-13,15,17-19,23,27-28,30,32-45H2,1-5H3/p+1/b10-8+,16-14+,22-20+,25-24+,26-21+,31-29+/t46-/m1/s1. The van der Waals surface area contributed by atoms with Gasteiger partial charge in [0.05, 0.1) is 27.7 Å². The Labute approximate surface area is 355 Å². The summed E-state index contributed by atoms with van der Waals surface area (Å²) in [6.45, 7) is 4.24. The van der Waals surface area contributed by atoms with Gasteiger partial charge in [0.1, 0.15) is 19.8 Å². The molecule has 10 heteroatoms. The van der Waals surface area contributed by atoms with Crippen LogP contribution in [0.1, 0.15) is 168 Å². The number of allylic oxidation sites excluding steroid dienone is 12. The highest BCUT2D eigenvalue weighted by Crippen LogP contribution is 2.43. The van der Waals surface area contributed by atoms with E-state index in [9.17, 15) is 19.0 Å². The Morgan fingerprint density at radius 2 is 0.983 bits per heavy atom. The zero-order valence-electron chi connectivity index (χ0n) is 37.5. The fourth-order valence-electron chi connectivity index (χ4n) is 5.68. The van der Waals surface area contributed by atoms with Crippen molar-refractivity contribution in [1.82, 2.24) is 0 Å². The predicted octanol–water partition coefficient (Wildman–Crippen LogP) is 13.0. The van der Waals surface area contributed by atoms with Crippen molar-refractivity contribution in [1.29, 1.82) is 0 Å². The SMILES string of the molecule is CC/C=C/C/C=C/C/C=C/C/C=C/C/C=C/CCCCCC(=O)O[C@H](COC(=O)CCCCCCC/C=C/CCCCCCCC)COP(=O)(O)OCC[N+](C)(C)C. The van der Waals surface area contributed by atoms with Gasteiger partial charge in [-0.25, -0.2) is 4.57 Å². The van der Waals surface area contributed by atoms with Crippen LogP contribution in [-0.2, 0) is 32.7 Å². The summed E-state index contributed by atoms with van der Waals surface area (Å²) in [4.78, 5) is 35.4. The third-order valence-corrected chi connectivity index (χ3v) is 10.2. The van der Waals surface area contributed by atoms with Gasteiger partial charge in [0.25, 0.3) is 0 Å². The van der Waals surface area contributed by atoms with Gasteiger partial charge in [-0.3, -0.25) is 18.6 Å². The van der Waals surface area contributed by atoms with Gasteiger partial charge in [-0.2, -0.15) is 0 Å². The Hall–Kier alpha value is -2.55. The van der Waals surface area contributed by atoms with Gasteiger partial charge in [-0.1, -0.05) is 145 Å². The first kappa shape index (κ1) is 55.5. The lowest BCUT2D eigenvalue weighted by molar-refractivity contribution is -0.870. The number of phosphoric ester groups is 1. The van der Waals surface area contributed by atoms with E-state index < -0.39 is 26.5 Å². The van der Waals surface area contributed by atoms with Gasteiger partial charge in [0, 0.05) is 12.8 Å². The molecule has 0 aliphatic heterocycles. The molecule has 2 atom stereocenters. The van der Waals surface area contributed by atoms with Crippen LogP contribution in [-0.4, -0.2) is 74.9 Å². The van der Waals surface area contributed by atoms with E-state index in [0.717, 1.165) is 89.9 Å². The second kappa shape index (κ2) is 39.9. The lowest BCUT2D eigenvalue weighted by Crippen LogP contribution is -2.37. The van der Waals surface area contributed by atoms with Gasteiger partial charge in [0.15, 0.2) is 6.10 Å². The van der Waals surface area contributed by atoms with Gasteiger partial charge >= 0.3 is 19.8 Å². The fourth-order valence-corrected chi connectivity index (χ4v) is 6.42. The van der Waals surface area contributed by atoms with Crippen molar-refractivity contribution in [2.24, 2.45) is 0 Å². The summed E-state index contributed by atoms with van der Waals surface area (Å²) in [5.74, 6) is -0.851. The number of likely N-dealkylation sites (N-methyl/N-ethyl adjacent to an activating group) is 1. The zero-order chi connectivity index (χ0) is 42.8. The minimum absolute atomic E-state index is 0.0201. The smallest absolute Gasteiger partial charge is 0.462 e. The molecule has 0 aliphatic rings. The molecule has 58 heavy (non-hydrogen) atoms. The average Bonchev–Trinajstić information content (AvgIpc) is 3.17. The molecule has 0 aliphatic carbocycles. The largest absolute Gasteiger partial charge is 0.472 e. The first-order valence-electron chi connectivity index (χ1n) is 22.7. The third kappa shape index (κ3) is 43.0. The number of ether oxygens (including phenoxy) is 2. The quantitative estimate of drug-likeness (QED) is 0.0214. The number of nitrogens with zero attached hydrogens (tertiary/aromatic N) is 1. The lowest BCUT2D eigenvalue weighted by atomic mass is 10.1. The van der Waals surface area contributed by atoms with Crippen LogP contribution in [0.2, 0.25) is 0 Å². The fraction of sp³-hybridized carbons (Fsp3) is 0.708. The second-order valence-electron chi connectivity index (χ2n) is 16.0. The summed E-state index contributed by atoms with van der Waals surface area (Å²) in [6.07, 6.45) is 49.5. The summed E-state index contributed by atoms with van der Waals surface area (Å²) >= 11 is 0. The molecule has 0 amide bonds. The number of rotatable bonds is 40. The van der Waals surface area contributed by atoms with E-state index in [0.29, 0.717) is 17.4 Å². The van der Waals surface area contributed by atoms with Gasteiger partial charge < -0.3 is 18.9 Å². The number of quaternary nitrogens is 1. The van der Waals surface area contributed by atoms with Gasteiger partial charge in [0.2, 0.25) is 0 Å². The van der Waals surface area contributed by atoms with Gasteiger partial charge in [-0.05, 0) is 83.5 Å². The highest BCUT2D eigenvalue weighted by molar-refractivity contribution is 7.47. The number of carbonyl (C=O) groups excluding carboxylic acids is 2. The number of carbonyl (C=O) groups is 2. The van der Waals surface area contributed by atoms with Crippen molar-refractivity contribution in [2.45, 2.75) is 174 Å². The summed E-state index contributed by atoms with van der Waals surface area (Å²) in [6, 6.07) is 0. The molecule has 0 aromatic carbocycles. The molecule has 334 valence electrons. The van der Waals surface area contributed by atoms with E-state index in [1.165, 1.54) is 44.9 Å². The molecule has 0 aromatic rings. The van der Waals surface area contributed by atoms with Gasteiger partial charge in [-0.15, -0.1) is 0 Å². The molecule has 0 spiro atoms. The van der Waals surface area contributed by atoms with Crippen LogP contribution in [0.3, 0.4) is 0 Å². The maximum Gasteiger partial charge on any atom is 0.472 e. The predicted molar refractivity (Wildman–Crippen MR) is 242 cm³/mol. The number of hydrogen-bond acceptors (Lipinski definition) is 7. The van der Waals surface area contributed by atoms with E-state index in [4.69, 9.17) is 18.5 Å². The summed E-state index contributed by atoms with van der Waals surface area (Å²) in [5, 5.41) is 0. The van der Waals surface area contributed by atoms with Crippen LogP contribution in [0.15, 0.2) is 72.9 Å².